The highest BCUT2D eigenvalue weighted by atomic mass is 32.2. The molecule has 0 aromatic heterocycles. The first-order chi connectivity index (χ1) is 12.7. The SMILES string of the molecule is COc1ccccc1CCN(CC(=O)Nc1ccc(C)c(C)c1)S(C)(=O)=O. The molecule has 0 saturated heterocycles. The molecule has 6 nitrogen and oxygen atoms in total. The Hall–Kier alpha value is -2.38. The van der Waals surface area contributed by atoms with E-state index in [1.807, 2.05) is 50.2 Å². The van der Waals surface area contributed by atoms with Crippen molar-refractivity contribution in [1.29, 1.82) is 0 Å². The van der Waals surface area contributed by atoms with Gasteiger partial charge in [-0.1, -0.05) is 24.3 Å². The van der Waals surface area contributed by atoms with Crippen LogP contribution in [0.5, 0.6) is 5.75 Å². The number of para-hydroxylation sites is 1. The van der Waals surface area contributed by atoms with E-state index >= 15 is 0 Å². The number of rotatable bonds is 8. The zero-order valence-corrected chi connectivity index (χ0v) is 17.0. The summed E-state index contributed by atoms with van der Waals surface area (Å²) in [5.41, 5.74) is 3.73. The third-order valence-electron chi connectivity index (χ3n) is 4.40. The largest absolute Gasteiger partial charge is 0.496 e. The lowest BCUT2D eigenvalue weighted by Crippen LogP contribution is -2.38. The van der Waals surface area contributed by atoms with E-state index in [1.165, 1.54) is 4.31 Å². The van der Waals surface area contributed by atoms with Crippen molar-refractivity contribution in [3.05, 3.63) is 59.2 Å². The number of ether oxygens (including phenoxy) is 1. The van der Waals surface area contributed by atoms with E-state index in [-0.39, 0.29) is 19.0 Å². The Morgan fingerprint density at radius 3 is 2.44 bits per heavy atom. The van der Waals surface area contributed by atoms with Gasteiger partial charge < -0.3 is 10.1 Å². The first kappa shape index (κ1) is 20.9. The highest BCUT2D eigenvalue weighted by Crippen LogP contribution is 2.19. The van der Waals surface area contributed by atoms with E-state index in [0.29, 0.717) is 17.9 Å². The molecule has 1 amide bonds. The maximum atomic E-state index is 12.4. The van der Waals surface area contributed by atoms with Crippen molar-refractivity contribution in [2.45, 2.75) is 20.3 Å². The molecule has 27 heavy (non-hydrogen) atoms. The van der Waals surface area contributed by atoms with Gasteiger partial charge in [-0.3, -0.25) is 4.79 Å². The van der Waals surface area contributed by atoms with Crippen molar-refractivity contribution < 1.29 is 17.9 Å². The Kier molecular flexibility index (Phi) is 6.98. The fourth-order valence-electron chi connectivity index (χ4n) is 2.70. The number of aryl methyl sites for hydroxylation is 2. The van der Waals surface area contributed by atoms with E-state index in [9.17, 15) is 13.2 Å². The van der Waals surface area contributed by atoms with Crippen molar-refractivity contribution in [3.63, 3.8) is 0 Å². The second kappa shape index (κ2) is 9.01. The summed E-state index contributed by atoms with van der Waals surface area (Å²) in [4.78, 5) is 12.4. The van der Waals surface area contributed by atoms with E-state index in [2.05, 4.69) is 5.32 Å². The number of anilines is 1. The standard InChI is InChI=1S/C20H26N2O4S/c1-15-9-10-18(13-16(15)2)21-20(23)14-22(27(4,24)25)12-11-17-7-5-6-8-19(17)26-3/h5-10,13H,11-12,14H2,1-4H3,(H,21,23). The summed E-state index contributed by atoms with van der Waals surface area (Å²) in [7, 11) is -1.95. The lowest BCUT2D eigenvalue weighted by molar-refractivity contribution is -0.116. The van der Waals surface area contributed by atoms with Crippen LogP contribution >= 0.6 is 0 Å². The summed E-state index contributed by atoms with van der Waals surface area (Å²) in [5.74, 6) is 0.328. The van der Waals surface area contributed by atoms with Gasteiger partial charge in [0.15, 0.2) is 0 Å². The molecule has 1 N–H and O–H groups in total. The lowest BCUT2D eigenvalue weighted by atomic mass is 10.1. The minimum atomic E-state index is -3.53. The highest BCUT2D eigenvalue weighted by Gasteiger charge is 2.20. The van der Waals surface area contributed by atoms with Crippen LogP contribution < -0.4 is 10.1 Å². The Morgan fingerprint density at radius 2 is 1.81 bits per heavy atom. The first-order valence-corrected chi connectivity index (χ1v) is 10.5. The molecule has 0 aliphatic rings. The normalized spacial score (nSPS) is 11.4. The Labute approximate surface area is 161 Å². The molecular weight excluding hydrogens is 364 g/mol. The van der Waals surface area contributed by atoms with Crippen LogP contribution in [0, 0.1) is 13.8 Å². The number of amides is 1. The number of methoxy groups -OCH3 is 1. The summed E-state index contributed by atoms with van der Waals surface area (Å²) in [5, 5.41) is 2.76. The molecule has 0 aliphatic heterocycles. The quantitative estimate of drug-likeness (QED) is 0.752. The van der Waals surface area contributed by atoms with Crippen LogP contribution in [0.1, 0.15) is 16.7 Å². The van der Waals surface area contributed by atoms with E-state index in [4.69, 9.17) is 4.74 Å². The molecule has 2 rings (SSSR count). The van der Waals surface area contributed by atoms with Gasteiger partial charge in [-0.2, -0.15) is 4.31 Å². The monoisotopic (exact) mass is 390 g/mol. The smallest absolute Gasteiger partial charge is 0.239 e. The maximum Gasteiger partial charge on any atom is 0.239 e. The molecule has 146 valence electrons. The van der Waals surface area contributed by atoms with Crippen LogP contribution in [-0.4, -0.2) is 45.1 Å². The lowest BCUT2D eigenvalue weighted by Gasteiger charge is -2.20. The summed E-state index contributed by atoms with van der Waals surface area (Å²) in [6.07, 6.45) is 1.56. The number of hydrogen-bond donors (Lipinski definition) is 1. The summed E-state index contributed by atoms with van der Waals surface area (Å²) in [6, 6.07) is 13.0. The highest BCUT2D eigenvalue weighted by molar-refractivity contribution is 7.88. The molecule has 2 aromatic carbocycles. The Bertz CT molecular complexity index is 910. The minimum absolute atomic E-state index is 0.194. The number of nitrogens with zero attached hydrogens (tertiary/aromatic N) is 1. The minimum Gasteiger partial charge on any atom is -0.496 e. The molecular formula is C20H26N2O4S. The maximum absolute atomic E-state index is 12.4. The van der Waals surface area contributed by atoms with Crippen molar-refractivity contribution in [2.24, 2.45) is 0 Å². The molecule has 0 spiro atoms. The molecule has 7 heteroatoms. The molecule has 0 bridgehead atoms. The molecule has 2 aromatic rings. The molecule has 0 unspecified atom stereocenters. The van der Waals surface area contributed by atoms with Crippen molar-refractivity contribution in [1.82, 2.24) is 4.31 Å². The average molecular weight is 391 g/mol. The number of carbonyl (C=O) groups excluding carboxylic acids is 1. The molecule has 0 aliphatic carbocycles. The van der Waals surface area contributed by atoms with Crippen molar-refractivity contribution in [2.75, 3.05) is 31.8 Å². The number of carbonyl (C=O) groups is 1. The third-order valence-corrected chi connectivity index (χ3v) is 5.65. The van der Waals surface area contributed by atoms with Crippen LogP contribution in [0.2, 0.25) is 0 Å². The van der Waals surface area contributed by atoms with Gasteiger partial charge in [-0.25, -0.2) is 8.42 Å². The Balaban J connectivity index is 2.05. The van der Waals surface area contributed by atoms with Gasteiger partial charge in [0.1, 0.15) is 5.75 Å². The fraction of sp³-hybridized carbons (Fsp3) is 0.350. The van der Waals surface area contributed by atoms with Crippen LogP contribution in [-0.2, 0) is 21.2 Å². The predicted molar refractivity (Wildman–Crippen MR) is 108 cm³/mol. The van der Waals surface area contributed by atoms with Crippen LogP contribution in [0.3, 0.4) is 0 Å². The van der Waals surface area contributed by atoms with Gasteiger partial charge >= 0.3 is 0 Å². The number of benzene rings is 2. The summed E-state index contributed by atoms with van der Waals surface area (Å²) >= 11 is 0. The van der Waals surface area contributed by atoms with Crippen molar-refractivity contribution >= 4 is 21.6 Å². The second-order valence-electron chi connectivity index (χ2n) is 6.51. The second-order valence-corrected chi connectivity index (χ2v) is 8.49. The van der Waals surface area contributed by atoms with E-state index in [1.54, 1.807) is 13.2 Å². The number of sulfonamides is 1. The van der Waals surface area contributed by atoms with Gasteiger partial charge in [-0.15, -0.1) is 0 Å². The van der Waals surface area contributed by atoms with Crippen molar-refractivity contribution in [3.8, 4) is 5.75 Å². The van der Waals surface area contributed by atoms with Gasteiger partial charge in [0.25, 0.3) is 0 Å². The van der Waals surface area contributed by atoms with Gasteiger partial charge in [0, 0.05) is 12.2 Å². The van der Waals surface area contributed by atoms with Crippen LogP contribution in [0.4, 0.5) is 5.69 Å². The molecule has 0 saturated carbocycles. The van der Waals surface area contributed by atoms with Crippen LogP contribution in [0.15, 0.2) is 42.5 Å². The average Bonchev–Trinajstić information content (AvgIpc) is 2.61. The summed E-state index contributed by atoms with van der Waals surface area (Å²) < 4.78 is 30.7. The molecule has 0 fully saturated rings. The zero-order valence-electron chi connectivity index (χ0n) is 16.2. The Morgan fingerprint density at radius 1 is 1.11 bits per heavy atom. The number of nitrogens with one attached hydrogen (secondary N) is 1. The van der Waals surface area contributed by atoms with Gasteiger partial charge in [0.2, 0.25) is 15.9 Å². The summed E-state index contributed by atoms with van der Waals surface area (Å²) in [6.45, 7) is 3.91. The fourth-order valence-corrected chi connectivity index (χ4v) is 3.47. The molecule has 0 atom stereocenters. The number of hydrogen-bond acceptors (Lipinski definition) is 4. The topological polar surface area (TPSA) is 75.7 Å². The van der Waals surface area contributed by atoms with E-state index < -0.39 is 10.0 Å². The zero-order chi connectivity index (χ0) is 20.0. The molecule has 0 radical (unpaired) electrons. The van der Waals surface area contributed by atoms with Gasteiger partial charge in [-0.05, 0) is 55.2 Å². The third kappa shape index (κ3) is 6.08. The molecule has 0 heterocycles. The van der Waals surface area contributed by atoms with Crippen LogP contribution in [0.25, 0.3) is 0 Å². The predicted octanol–water partition coefficient (Wildman–Crippen LogP) is 2.75. The van der Waals surface area contributed by atoms with E-state index in [0.717, 1.165) is 22.9 Å². The first-order valence-electron chi connectivity index (χ1n) is 8.65. The van der Waals surface area contributed by atoms with Gasteiger partial charge in [0.05, 0.1) is 19.9 Å².